The molecule has 2 amide bonds. The van der Waals surface area contributed by atoms with Gasteiger partial charge in [-0.05, 0) is 55.2 Å². The zero-order valence-electron chi connectivity index (χ0n) is 15.1. The summed E-state index contributed by atoms with van der Waals surface area (Å²) in [6, 6.07) is 14.4. The van der Waals surface area contributed by atoms with E-state index in [1.54, 1.807) is 30.6 Å². The van der Waals surface area contributed by atoms with Crippen molar-refractivity contribution in [3.05, 3.63) is 77.9 Å². The maximum atomic E-state index is 14.4. The molecule has 1 aliphatic rings. The summed E-state index contributed by atoms with van der Waals surface area (Å²) in [5.41, 5.74) is 3.13. The standard InChI is InChI=1S/C21H21FN4O/c1-15-6-2-3-7-17(15)19-8-4-12-25(19)21(27)24-16-9-10-20(18(22)14-16)26-13-5-11-23-26/h2-3,5-7,9-11,13-14,19H,4,8,12H2,1H3,(H,24,27)/t19-/m0/s1. The second kappa shape index (κ2) is 7.23. The molecule has 0 saturated carbocycles. The number of nitrogens with zero attached hydrogens (tertiary/aromatic N) is 3. The first-order valence-electron chi connectivity index (χ1n) is 9.06. The molecule has 1 aliphatic heterocycles. The van der Waals surface area contributed by atoms with Crippen molar-refractivity contribution in [2.45, 2.75) is 25.8 Å². The van der Waals surface area contributed by atoms with Gasteiger partial charge in [0.15, 0.2) is 5.82 Å². The van der Waals surface area contributed by atoms with Crippen molar-refractivity contribution in [1.29, 1.82) is 0 Å². The van der Waals surface area contributed by atoms with E-state index in [4.69, 9.17) is 0 Å². The highest BCUT2D eigenvalue weighted by molar-refractivity contribution is 5.90. The molecule has 0 bridgehead atoms. The lowest BCUT2D eigenvalue weighted by molar-refractivity contribution is 0.207. The zero-order chi connectivity index (χ0) is 18.8. The molecule has 2 heterocycles. The SMILES string of the molecule is Cc1ccccc1[C@@H]1CCCN1C(=O)Nc1ccc(-n2cccn2)c(F)c1. The molecule has 6 heteroatoms. The fraction of sp³-hybridized carbons (Fsp3) is 0.238. The number of hydrogen-bond donors (Lipinski definition) is 1. The first-order valence-corrected chi connectivity index (χ1v) is 9.06. The Morgan fingerprint density at radius 1 is 1.22 bits per heavy atom. The molecule has 3 aromatic rings. The summed E-state index contributed by atoms with van der Waals surface area (Å²) in [6.07, 6.45) is 5.16. The molecule has 27 heavy (non-hydrogen) atoms. The number of likely N-dealkylation sites (tertiary alicyclic amines) is 1. The monoisotopic (exact) mass is 364 g/mol. The average Bonchev–Trinajstić information content (AvgIpc) is 3.34. The van der Waals surface area contributed by atoms with E-state index in [-0.39, 0.29) is 12.1 Å². The van der Waals surface area contributed by atoms with Crippen LogP contribution in [0.4, 0.5) is 14.9 Å². The van der Waals surface area contributed by atoms with Gasteiger partial charge >= 0.3 is 6.03 Å². The number of nitrogens with one attached hydrogen (secondary N) is 1. The predicted octanol–water partition coefficient (Wildman–Crippen LogP) is 4.69. The summed E-state index contributed by atoms with van der Waals surface area (Å²) in [6.45, 7) is 2.76. The number of aromatic nitrogens is 2. The Balaban J connectivity index is 1.52. The molecule has 0 spiro atoms. The summed E-state index contributed by atoms with van der Waals surface area (Å²) in [4.78, 5) is 14.6. The molecule has 0 aliphatic carbocycles. The summed E-state index contributed by atoms with van der Waals surface area (Å²) >= 11 is 0. The number of halogens is 1. The van der Waals surface area contributed by atoms with Gasteiger partial charge in [0.1, 0.15) is 5.69 Å². The Labute approximate surface area is 157 Å². The number of carbonyl (C=O) groups is 1. The highest BCUT2D eigenvalue weighted by Crippen LogP contribution is 2.34. The molecule has 4 rings (SSSR count). The van der Waals surface area contributed by atoms with Gasteiger partial charge in [-0.25, -0.2) is 13.9 Å². The van der Waals surface area contributed by atoms with Crippen molar-refractivity contribution in [3.63, 3.8) is 0 Å². The van der Waals surface area contributed by atoms with Gasteiger partial charge in [-0.3, -0.25) is 0 Å². The van der Waals surface area contributed by atoms with Crippen LogP contribution in [0.3, 0.4) is 0 Å². The molecule has 1 N–H and O–H groups in total. The predicted molar refractivity (Wildman–Crippen MR) is 102 cm³/mol. The number of carbonyl (C=O) groups excluding carboxylic acids is 1. The molecule has 2 aromatic carbocycles. The smallest absolute Gasteiger partial charge is 0.317 e. The summed E-state index contributed by atoms with van der Waals surface area (Å²) in [5, 5.41) is 6.87. The van der Waals surface area contributed by atoms with Crippen molar-refractivity contribution in [3.8, 4) is 5.69 Å². The maximum absolute atomic E-state index is 14.4. The van der Waals surface area contributed by atoms with Crippen LogP contribution in [0.1, 0.15) is 30.0 Å². The Hall–Kier alpha value is -3.15. The van der Waals surface area contributed by atoms with Gasteiger partial charge in [-0.1, -0.05) is 24.3 Å². The van der Waals surface area contributed by atoms with Gasteiger partial charge in [0.25, 0.3) is 0 Å². The zero-order valence-corrected chi connectivity index (χ0v) is 15.1. The average molecular weight is 364 g/mol. The Kier molecular flexibility index (Phi) is 4.62. The van der Waals surface area contributed by atoms with Crippen LogP contribution in [0.15, 0.2) is 60.9 Å². The van der Waals surface area contributed by atoms with Crippen LogP contribution in [0.5, 0.6) is 0 Å². The van der Waals surface area contributed by atoms with E-state index in [0.29, 0.717) is 17.9 Å². The van der Waals surface area contributed by atoms with E-state index in [9.17, 15) is 9.18 Å². The third-order valence-corrected chi connectivity index (χ3v) is 5.01. The maximum Gasteiger partial charge on any atom is 0.322 e. The van der Waals surface area contributed by atoms with Crippen LogP contribution in [0.25, 0.3) is 5.69 Å². The third-order valence-electron chi connectivity index (χ3n) is 5.01. The fourth-order valence-electron chi connectivity index (χ4n) is 3.67. The molecule has 0 radical (unpaired) electrons. The van der Waals surface area contributed by atoms with Crippen molar-refractivity contribution in [2.24, 2.45) is 0 Å². The highest BCUT2D eigenvalue weighted by atomic mass is 19.1. The minimum atomic E-state index is -0.437. The Morgan fingerprint density at radius 2 is 2.07 bits per heavy atom. The van der Waals surface area contributed by atoms with Crippen molar-refractivity contribution in [2.75, 3.05) is 11.9 Å². The molecular weight excluding hydrogens is 343 g/mol. The van der Waals surface area contributed by atoms with Crippen LogP contribution < -0.4 is 5.32 Å². The van der Waals surface area contributed by atoms with Gasteiger partial charge in [0.2, 0.25) is 0 Å². The molecule has 138 valence electrons. The van der Waals surface area contributed by atoms with Gasteiger partial charge in [0, 0.05) is 24.6 Å². The number of amides is 2. The molecule has 1 atom stereocenters. The van der Waals surface area contributed by atoms with Crippen molar-refractivity contribution in [1.82, 2.24) is 14.7 Å². The molecule has 1 saturated heterocycles. The van der Waals surface area contributed by atoms with Gasteiger partial charge < -0.3 is 10.2 Å². The van der Waals surface area contributed by atoms with Crippen molar-refractivity contribution >= 4 is 11.7 Å². The number of urea groups is 1. The van der Waals surface area contributed by atoms with Crippen molar-refractivity contribution < 1.29 is 9.18 Å². The second-order valence-corrected chi connectivity index (χ2v) is 6.75. The van der Waals surface area contributed by atoms with Crippen LogP contribution >= 0.6 is 0 Å². The first kappa shape index (κ1) is 17.3. The summed E-state index contributed by atoms with van der Waals surface area (Å²) < 4.78 is 15.9. The lowest BCUT2D eigenvalue weighted by Crippen LogP contribution is -2.34. The van der Waals surface area contributed by atoms with E-state index < -0.39 is 5.82 Å². The number of hydrogen-bond acceptors (Lipinski definition) is 2. The van der Waals surface area contributed by atoms with Crippen LogP contribution in [-0.4, -0.2) is 27.3 Å². The number of anilines is 1. The van der Waals surface area contributed by atoms with E-state index >= 15 is 0 Å². The number of aryl methyl sites for hydroxylation is 1. The largest absolute Gasteiger partial charge is 0.322 e. The Bertz CT molecular complexity index is 955. The topological polar surface area (TPSA) is 50.2 Å². The molecule has 1 fully saturated rings. The van der Waals surface area contributed by atoms with E-state index in [0.717, 1.165) is 12.8 Å². The lowest BCUT2D eigenvalue weighted by Gasteiger charge is -2.26. The molecule has 1 aromatic heterocycles. The second-order valence-electron chi connectivity index (χ2n) is 6.75. The lowest BCUT2D eigenvalue weighted by atomic mass is 9.99. The van der Waals surface area contributed by atoms with Gasteiger partial charge in [0.05, 0.1) is 6.04 Å². The number of benzene rings is 2. The summed E-state index contributed by atoms with van der Waals surface area (Å²) in [5.74, 6) is -0.437. The van der Waals surface area contributed by atoms with E-state index in [1.165, 1.54) is 21.9 Å². The van der Waals surface area contributed by atoms with E-state index in [2.05, 4.69) is 29.5 Å². The van der Waals surface area contributed by atoms with Gasteiger partial charge in [-0.15, -0.1) is 0 Å². The molecular formula is C21H21FN4O. The normalized spacial score (nSPS) is 16.5. The highest BCUT2D eigenvalue weighted by Gasteiger charge is 2.30. The fourth-order valence-corrected chi connectivity index (χ4v) is 3.67. The van der Waals surface area contributed by atoms with Gasteiger partial charge in [-0.2, -0.15) is 5.10 Å². The van der Waals surface area contributed by atoms with E-state index in [1.807, 2.05) is 17.0 Å². The van der Waals surface area contributed by atoms with Crippen LogP contribution in [-0.2, 0) is 0 Å². The number of rotatable bonds is 3. The molecule has 0 unspecified atom stereocenters. The quantitative estimate of drug-likeness (QED) is 0.733. The van der Waals surface area contributed by atoms with Crippen LogP contribution in [0.2, 0.25) is 0 Å². The minimum absolute atomic E-state index is 0.0550. The van der Waals surface area contributed by atoms with Crippen LogP contribution in [0, 0.1) is 12.7 Å². The Morgan fingerprint density at radius 3 is 2.81 bits per heavy atom. The third kappa shape index (κ3) is 3.43. The first-order chi connectivity index (χ1) is 13.1. The summed E-state index contributed by atoms with van der Waals surface area (Å²) in [7, 11) is 0. The minimum Gasteiger partial charge on any atom is -0.317 e. The molecule has 5 nitrogen and oxygen atoms in total.